The van der Waals surface area contributed by atoms with Crippen LogP contribution in [0.15, 0.2) is 47.4 Å². The van der Waals surface area contributed by atoms with Crippen molar-refractivity contribution >= 4 is 56.0 Å². The van der Waals surface area contributed by atoms with Crippen LogP contribution < -0.4 is 4.90 Å². The lowest BCUT2D eigenvalue weighted by molar-refractivity contribution is -0.118. The van der Waals surface area contributed by atoms with Crippen molar-refractivity contribution in [3.05, 3.63) is 53.1 Å². The first-order valence-corrected chi connectivity index (χ1v) is 13.1. The van der Waals surface area contributed by atoms with Crippen LogP contribution in [0.2, 0.25) is 5.02 Å². The van der Waals surface area contributed by atoms with E-state index in [0.717, 1.165) is 65.9 Å². The Bertz CT molecular complexity index is 1040. The molecular formula is C24H28ClN3O2S2. The molecule has 2 heterocycles. The zero-order valence-corrected chi connectivity index (χ0v) is 20.6. The molecule has 0 atom stereocenters. The van der Waals surface area contributed by atoms with E-state index in [1.807, 2.05) is 42.2 Å². The lowest BCUT2D eigenvalue weighted by Gasteiger charge is -2.27. The highest BCUT2D eigenvalue weighted by atomic mass is 35.5. The van der Waals surface area contributed by atoms with Crippen LogP contribution in [0.3, 0.4) is 0 Å². The highest BCUT2D eigenvalue weighted by Crippen LogP contribution is 2.33. The molecule has 0 aliphatic carbocycles. The zero-order chi connectivity index (χ0) is 22.3. The molecule has 1 aliphatic rings. The Labute approximate surface area is 202 Å². The van der Waals surface area contributed by atoms with Crippen LogP contribution in [0, 0.1) is 6.92 Å². The number of amides is 1. The number of thioether (sulfide) groups is 1. The van der Waals surface area contributed by atoms with Crippen molar-refractivity contribution in [3.63, 3.8) is 0 Å². The first kappa shape index (κ1) is 23.5. The number of fused-ring (bicyclic) bond motifs is 1. The van der Waals surface area contributed by atoms with Crippen LogP contribution in [-0.2, 0) is 9.53 Å². The lowest BCUT2D eigenvalue weighted by Crippen LogP contribution is -2.39. The van der Waals surface area contributed by atoms with Gasteiger partial charge in [-0.25, -0.2) is 4.98 Å². The van der Waals surface area contributed by atoms with Gasteiger partial charge in [0.1, 0.15) is 0 Å². The van der Waals surface area contributed by atoms with E-state index in [1.54, 1.807) is 23.1 Å². The Morgan fingerprint density at radius 1 is 1.25 bits per heavy atom. The third-order valence-corrected chi connectivity index (χ3v) is 7.72. The molecule has 0 bridgehead atoms. The summed E-state index contributed by atoms with van der Waals surface area (Å²) in [6.07, 6.45) is 1.39. The van der Waals surface area contributed by atoms with Crippen molar-refractivity contribution in [2.75, 3.05) is 50.0 Å². The summed E-state index contributed by atoms with van der Waals surface area (Å²) in [5.41, 5.74) is 1.97. The largest absolute Gasteiger partial charge is 0.379 e. The predicted molar refractivity (Wildman–Crippen MR) is 135 cm³/mol. The van der Waals surface area contributed by atoms with Crippen molar-refractivity contribution in [1.29, 1.82) is 0 Å². The summed E-state index contributed by atoms with van der Waals surface area (Å²) in [6, 6.07) is 14.1. The van der Waals surface area contributed by atoms with Crippen LogP contribution in [0.5, 0.6) is 0 Å². The van der Waals surface area contributed by atoms with Gasteiger partial charge < -0.3 is 4.74 Å². The number of thiazole rings is 1. The molecule has 5 nitrogen and oxygen atoms in total. The monoisotopic (exact) mass is 489 g/mol. The normalized spacial score (nSPS) is 14.7. The van der Waals surface area contributed by atoms with Gasteiger partial charge in [0.05, 0.1) is 23.4 Å². The lowest BCUT2D eigenvalue weighted by atomic mass is 10.2. The summed E-state index contributed by atoms with van der Waals surface area (Å²) in [5.74, 6) is 0.872. The molecule has 0 saturated carbocycles. The molecule has 1 aliphatic heterocycles. The van der Waals surface area contributed by atoms with E-state index in [-0.39, 0.29) is 5.91 Å². The molecule has 2 aromatic carbocycles. The Hall–Kier alpha value is -1.64. The second-order valence-corrected chi connectivity index (χ2v) is 10.4. The van der Waals surface area contributed by atoms with E-state index >= 15 is 0 Å². The van der Waals surface area contributed by atoms with Gasteiger partial charge in [0, 0.05) is 48.3 Å². The maximum atomic E-state index is 13.3. The van der Waals surface area contributed by atoms with Crippen molar-refractivity contribution < 1.29 is 9.53 Å². The Balaban J connectivity index is 1.45. The third kappa shape index (κ3) is 6.23. The average Bonchev–Trinajstić information content (AvgIpc) is 3.22. The zero-order valence-electron chi connectivity index (χ0n) is 18.3. The summed E-state index contributed by atoms with van der Waals surface area (Å²) in [5, 5.41) is 1.47. The second-order valence-electron chi connectivity index (χ2n) is 7.83. The van der Waals surface area contributed by atoms with E-state index in [0.29, 0.717) is 18.0 Å². The number of rotatable bonds is 9. The van der Waals surface area contributed by atoms with Gasteiger partial charge in [-0.05, 0) is 43.2 Å². The number of hydrogen-bond acceptors (Lipinski definition) is 6. The fourth-order valence-electron chi connectivity index (χ4n) is 3.77. The molecule has 1 fully saturated rings. The van der Waals surface area contributed by atoms with Gasteiger partial charge in [-0.1, -0.05) is 41.1 Å². The summed E-state index contributed by atoms with van der Waals surface area (Å²) in [4.78, 5) is 23.6. The molecule has 0 spiro atoms. The quantitative estimate of drug-likeness (QED) is 0.371. The van der Waals surface area contributed by atoms with E-state index in [2.05, 4.69) is 17.0 Å². The summed E-state index contributed by atoms with van der Waals surface area (Å²) in [6.45, 7) is 7.13. The molecular weight excluding hydrogens is 462 g/mol. The molecule has 3 aromatic rings. The van der Waals surface area contributed by atoms with Crippen LogP contribution in [0.25, 0.3) is 10.2 Å². The number of hydrogen-bond donors (Lipinski definition) is 0. The molecule has 0 N–H and O–H groups in total. The van der Waals surface area contributed by atoms with Crippen LogP contribution in [0.1, 0.15) is 18.4 Å². The standard InChI is InChI=1S/C24H28ClN3O2S2/c1-18-16-19(25)17-21-23(18)26-24(32-21)28(10-5-9-27-11-13-30-14-12-27)22(29)8-15-31-20-6-3-2-4-7-20/h2-4,6-7,16-17H,5,8-15H2,1H3. The maximum Gasteiger partial charge on any atom is 0.229 e. The van der Waals surface area contributed by atoms with E-state index in [9.17, 15) is 4.79 Å². The van der Waals surface area contributed by atoms with E-state index in [4.69, 9.17) is 21.3 Å². The van der Waals surface area contributed by atoms with Crippen LogP contribution in [0.4, 0.5) is 5.13 Å². The summed E-state index contributed by atoms with van der Waals surface area (Å²) in [7, 11) is 0. The van der Waals surface area contributed by atoms with Crippen molar-refractivity contribution in [1.82, 2.24) is 9.88 Å². The minimum Gasteiger partial charge on any atom is -0.379 e. The Morgan fingerprint density at radius 2 is 2.03 bits per heavy atom. The van der Waals surface area contributed by atoms with Gasteiger partial charge in [0.25, 0.3) is 0 Å². The summed E-state index contributed by atoms with van der Waals surface area (Å²) < 4.78 is 6.47. The number of morpholine rings is 1. The fraction of sp³-hybridized carbons (Fsp3) is 0.417. The highest BCUT2D eigenvalue weighted by molar-refractivity contribution is 7.99. The number of nitrogens with zero attached hydrogens (tertiary/aromatic N) is 3. The van der Waals surface area contributed by atoms with Crippen molar-refractivity contribution in [2.45, 2.75) is 24.7 Å². The van der Waals surface area contributed by atoms with Gasteiger partial charge >= 0.3 is 0 Å². The van der Waals surface area contributed by atoms with Crippen LogP contribution >= 0.6 is 34.7 Å². The number of anilines is 1. The number of aryl methyl sites for hydroxylation is 1. The van der Waals surface area contributed by atoms with Crippen molar-refractivity contribution in [2.24, 2.45) is 0 Å². The average molecular weight is 490 g/mol. The van der Waals surface area contributed by atoms with E-state index in [1.165, 1.54) is 4.90 Å². The van der Waals surface area contributed by atoms with Gasteiger partial charge in [0.2, 0.25) is 5.91 Å². The Morgan fingerprint density at radius 3 is 2.81 bits per heavy atom. The molecule has 0 unspecified atom stereocenters. The number of ether oxygens (including phenoxy) is 1. The van der Waals surface area contributed by atoms with E-state index < -0.39 is 0 Å². The smallest absolute Gasteiger partial charge is 0.229 e. The number of aromatic nitrogens is 1. The predicted octanol–water partition coefficient (Wildman–Crippen LogP) is 5.50. The highest BCUT2D eigenvalue weighted by Gasteiger charge is 2.21. The van der Waals surface area contributed by atoms with Gasteiger partial charge in [-0.3, -0.25) is 14.6 Å². The molecule has 32 heavy (non-hydrogen) atoms. The van der Waals surface area contributed by atoms with Crippen LogP contribution in [-0.4, -0.2) is 60.9 Å². The second kappa shape index (κ2) is 11.5. The first-order chi connectivity index (χ1) is 15.6. The minimum absolute atomic E-state index is 0.123. The first-order valence-electron chi connectivity index (χ1n) is 10.9. The van der Waals surface area contributed by atoms with Gasteiger partial charge in [-0.15, -0.1) is 11.8 Å². The Kier molecular flexibility index (Phi) is 8.43. The minimum atomic E-state index is 0.123. The molecule has 4 rings (SSSR count). The number of halogens is 1. The van der Waals surface area contributed by atoms with Gasteiger partial charge in [0.15, 0.2) is 5.13 Å². The third-order valence-electron chi connectivity index (χ3n) is 5.46. The molecule has 0 radical (unpaired) electrons. The molecule has 1 aromatic heterocycles. The molecule has 8 heteroatoms. The molecule has 1 amide bonds. The molecule has 170 valence electrons. The SMILES string of the molecule is Cc1cc(Cl)cc2sc(N(CCCN3CCOCC3)C(=O)CCSc3ccccc3)nc12. The topological polar surface area (TPSA) is 45.7 Å². The number of carbonyl (C=O) groups excluding carboxylic acids is 1. The fourth-order valence-corrected chi connectivity index (χ4v) is 6.10. The number of benzene rings is 2. The number of carbonyl (C=O) groups is 1. The molecule has 1 saturated heterocycles. The van der Waals surface area contributed by atoms with Gasteiger partial charge in [-0.2, -0.15) is 0 Å². The van der Waals surface area contributed by atoms with Crippen molar-refractivity contribution in [3.8, 4) is 0 Å². The summed E-state index contributed by atoms with van der Waals surface area (Å²) >= 11 is 9.51. The maximum absolute atomic E-state index is 13.3.